The highest BCUT2D eigenvalue weighted by atomic mass is 32.2. The van der Waals surface area contributed by atoms with Crippen molar-refractivity contribution in [2.45, 2.75) is 24.3 Å². The lowest BCUT2D eigenvalue weighted by molar-refractivity contribution is 0.477. The van der Waals surface area contributed by atoms with Crippen molar-refractivity contribution >= 4 is 15.8 Å². The number of halogens is 1. The summed E-state index contributed by atoms with van der Waals surface area (Å²) in [6.07, 6.45) is 1.84. The standard InChI is InChI=1S/C21H21FN4O2S/c22-18-7-5-17(6-8-18)20-11-12-21(25-24-20)23-15-16-3-9-19(10-4-16)29(27,28)26-13-1-2-14-26/h3-12H,1-2,13-15H2,(H,23,25). The van der Waals surface area contributed by atoms with Crippen LogP contribution in [0, 0.1) is 5.82 Å². The Hall–Kier alpha value is -2.84. The van der Waals surface area contributed by atoms with E-state index in [4.69, 9.17) is 0 Å². The Morgan fingerprint density at radius 1 is 0.897 bits per heavy atom. The smallest absolute Gasteiger partial charge is 0.243 e. The van der Waals surface area contributed by atoms with E-state index in [9.17, 15) is 12.8 Å². The number of benzene rings is 2. The van der Waals surface area contributed by atoms with Crippen molar-refractivity contribution in [1.29, 1.82) is 0 Å². The van der Waals surface area contributed by atoms with Gasteiger partial charge < -0.3 is 5.32 Å². The molecule has 1 fully saturated rings. The molecule has 1 N–H and O–H groups in total. The molecule has 0 unspecified atom stereocenters. The highest BCUT2D eigenvalue weighted by Gasteiger charge is 2.26. The van der Waals surface area contributed by atoms with Crippen LogP contribution in [0.25, 0.3) is 11.3 Å². The van der Waals surface area contributed by atoms with E-state index >= 15 is 0 Å². The topological polar surface area (TPSA) is 75.2 Å². The molecule has 1 saturated heterocycles. The van der Waals surface area contributed by atoms with Gasteiger partial charge >= 0.3 is 0 Å². The van der Waals surface area contributed by atoms with Gasteiger partial charge in [0.15, 0.2) is 0 Å². The van der Waals surface area contributed by atoms with Crippen LogP contribution in [0.15, 0.2) is 65.6 Å². The molecule has 29 heavy (non-hydrogen) atoms. The van der Waals surface area contributed by atoms with Gasteiger partial charge in [0.05, 0.1) is 10.6 Å². The van der Waals surface area contributed by atoms with Crippen LogP contribution >= 0.6 is 0 Å². The number of anilines is 1. The molecule has 4 rings (SSSR count). The fourth-order valence-electron chi connectivity index (χ4n) is 3.25. The molecule has 2 heterocycles. The lowest BCUT2D eigenvalue weighted by Crippen LogP contribution is -2.27. The molecule has 3 aromatic rings. The summed E-state index contributed by atoms with van der Waals surface area (Å²) >= 11 is 0. The average molecular weight is 412 g/mol. The second kappa shape index (κ2) is 8.26. The van der Waals surface area contributed by atoms with Gasteiger partial charge in [-0.3, -0.25) is 0 Å². The summed E-state index contributed by atoms with van der Waals surface area (Å²) in [4.78, 5) is 0.326. The van der Waals surface area contributed by atoms with Crippen molar-refractivity contribution in [3.05, 3.63) is 72.0 Å². The fourth-order valence-corrected chi connectivity index (χ4v) is 4.77. The SMILES string of the molecule is O=S(=O)(c1ccc(CNc2ccc(-c3ccc(F)cc3)nn2)cc1)N1CCCC1. The van der Waals surface area contributed by atoms with Crippen LogP contribution < -0.4 is 5.32 Å². The Morgan fingerprint density at radius 3 is 2.21 bits per heavy atom. The third-order valence-electron chi connectivity index (χ3n) is 4.90. The van der Waals surface area contributed by atoms with Gasteiger partial charge in [0.1, 0.15) is 11.6 Å². The molecule has 6 nitrogen and oxygen atoms in total. The van der Waals surface area contributed by atoms with Gasteiger partial charge in [0, 0.05) is 25.2 Å². The van der Waals surface area contributed by atoms with Gasteiger partial charge in [-0.15, -0.1) is 10.2 Å². The van der Waals surface area contributed by atoms with Crippen molar-refractivity contribution in [1.82, 2.24) is 14.5 Å². The summed E-state index contributed by atoms with van der Waals surface area (Å²) in [5, 5.41) is 11.5. The minimum absolute atomic E-state index is 0.292. The zero-order chi connectivity index (χ0) is 20.3. The van der Waals surface area contributed by atoms with Gasteiger partial charge in [-0.25, -0.2) is 12.8 Å². The number of aromatic nitrogens is 2. The number of rotatable bonds is 6. The maximum absolute atomic E-state index is 13.0. The van der Waals surface area contributed by atoms with Gasteiger partial charge in [0.2, 0.25) is 10.0 Å². The van der Waals surface area contributed by atoms with Crippen molar-refractivity contribution in [3.8, 4) is 11.3 Å². The van der Waals surface area contributed by atoms with Crippen molar-refractivity contribution in [3.63, 3.8) is 0 Å². The van der Waals surface area contributed by atoms with Crippen LogP contribution in [0.3, 0.4) is 0 Å². The number of nitrogens with one attached hydrogen (secondary N) is 1. The van der Waals surface area contributed by atoms with Crippen LogP contribution in [0.1, 0.15) is 18.4 Å². The van der Waals surface area contributed by atoms with E-state index in [1.165, 1.54) is 12.1 Å². The third kappa shape index (κ3) is 4.44. The molecule has 0 bridgehead atoms. The van der Waals surface area contributed by atoms with Crippen LogP contribution in [0.2, 0.25) is 0 Å². The van der Waals surface area contributed by atoms with Gasteiger partial charge in [0.25, 0.3) is 0 Å². The summed E-state index contributed by atoms with van der Waals surface area (Å²) in [5.74, 6) is 0.309. The molecular weight excluding hydrogens is 391 g/mol. The first-order valence-electron chi connectivity index (χ1n) is 9.45. The first-order valence-corrected chi connectivity index (χ1v) is 10.9. The predicted octanol–water partition coefficient (Wildman–Crippen LogP) is 3.68. The summed E-state index contributed by atoms with van der Waals surface area (Å²) in [5.41, 5.74) is 2.39. The Balaban J connectivity index is 1.38. The Labute approximate surface area is 169 Å². The van der Waals surface area contributed by atoms with E-state index in [-0.39, 0.29) is 5.82 Å². The molecule has 0 aliphatic carbocycles. The summed E-state index contributed by atoms with van der Waals surface area (Å²) in [6, 6.07) is 16.6. The van der Waals surface area contributed by atoms with E-state index in [0.717, 1.165) is 24.0 Å². The number of hydrogen-bond acceptors (Lipinski definition) is 5. The highest BCUT2D eigenvalue weighted by Crippen LogP contribution is 2.21. The molecule has 0 amide bonds. The molecule has 0 spiro atoms. The minimum Gasteiger partial charge on any atom is -0.365 e. The number of nitrogens with zero attached hydrogens (tertiary/aromatic N) is 3. The average Bonchev–Trinajstić information content (AvgIpc) is 3.30. The second-order valence-electron chi connectivity index (χ2n) is 6.92. The molecule has 1 aliphatic heterocycles. The number of hydrogen-bond donors (Lipinski definition) is 1. The molecule has 1 aliphatic rings. The summed E-state index contributed by atoms with van der Waals surface area (Å²) in [6.45, 7) is 1.69. The summed E-state index contributed by atoms with van der Waals surface area (Å²) in [7, 11) is -3.39. The Bertz CT molecular complexity index is 1060. The Morgan fingerprint density at radius 2 is 1.59 bits per heavy atom. The lowest BCUT2D eigenvalue weighted by Gasteiger charge is -2.15. The fraction of sp³-hybridized carbons (Fsp3) is 0.238. The maximum atomic E-state index is 13.0. The predicted molar refractivity (Wildman–Crippen MR) is 109 cm³/mol. The van der Waals surface area contributed by atoms with E-state index in [1.54, 1.807) is 46.8 Å². The largest absolute Gasteiger partial charge is 0.365 e. The molecule has 150 valence electrons. The molecule has 0 saturated carbocycles. The van der Waals surface area contributed by atoms with Crippen LogP contribution in [-0.2, 0) is 16.6 Å². The number of sulfonamides is 1. The lowest BCUT2D eigenvalue weighted by atomic mass is 10.1. The monoisotopic (exact) mass is 412 g/mol. The van der Waals surface area contributed by atoms with E-state index in [2.05, 4.69) is 15.5 Å². The molecule has 1 aromatic heterocycles. The van der Waals surface area contributed by atoms with Crippen molar-refractivity contribution in [2.24, 2.45) is 0 Å². The molecular formula is C21H21FN4O2S. The maximum Gasteiger partial charge on any atom is 0.243 e. The van der Waals surface area contributed by atoms with E-state index in [0.29, 0.717) is 36.0 Å². The minimum atomic E-state index is -3.39. The Kier molecular flexibility index (Phi) is 5.55. The molecule has 0 atom stereocenters. The third-order valence-corrected chi connectivity index (χ3v) is 6.82. The van der Waals surface area contributed by atoms with Crippen LogP contribution in [0.5, 0.6) is 0 Å². The van der Waals surface area contributed by atoms with Gasteiger partial charge in [-0.05, 0) is 66.9 Å². The van der Waals surface area contributed by atoms with Crippen molar-refractivity contribution < 1.29 is 12.8 Å². The van der Waals surface area contributed by atoms with Crippen LogP contribution in [-0.4, -0.2) is 36.0 Å². The second-order valence-corrected chi connectivity index (χ2v) is 8.86. The van der Waals surface area contributed by atoms with Crippen molar-refractivity contribution in [2.75, 3.05) is 18.4 Å². The zero-order valence-electron chi connectivity index (χ0n) is 15.8. The molecule has 2 aromatic carbocycles. The molecule has 8 heteroatoms. The van der Waals surface area contributed by atoms with Gasteiger partial charge in [-0.2, -0.15) is 4.31 Å². The first kappa shape index (κ1) is 19.5. The summed E-state index contributed by atoms with van der Waals surface area (Å²) < 4.78 is 39.7. The molecule has 0 radical (unpaired) electrons. The van der Waals surface area contributed by atoms with Crippen LogP contribution in [0.4, 0.5) is 10.2 Å². The van der Waals surface area contributed by atoms with E-state index in [1.807, 2.05) is 6.07 Å². The zero-order valence-corrected chi connectivity index (χ0v) is 16.6. The quantitative estimate of drug-likeness (QED) is 0.669. The normalized spacial score (nSPS) is 14.8. The highest BCUT2D eigenvalue weighted by molar-refractivity contribution is 7.89. The first-order chi connectivity index (χ1) is 14.0. The van der Waals surface area contributed by atoms with Gasteiger partial charge in [-0.1, -0.05) is 12.1 Å². The van der Waals surface area contributed by atoms with E-state index < -0.39 is 10.0 Å².